The molecular weight excluding hydrogens is 440 g/mol. The first-order valence-electron chi connectivity index (χ1n) is 12.1. The molecule has 2 aliphatic rings. The molecule has 180 valence electrons. The first-order valence-corrected chi connectivity index (χ1v) is 12.1. The average molecular weight is 471 g/mol. The van der Waals surface area contributed by atoms with Gasteiger partial charge in [-0.05, 0) is 50.0 Å². The molecule has 2 aromatic heterocycles. The van der Waals surface area contributed by atoms with Gasteiger partial charge < -0.3 is 20.6 Å². The van der Waals surface area contributed by atoms with Gasteiger partial charge in [0, 0.05) is 50.5 Å². The molecule has 5 rings (SSSR count). The van der Waals surface area contributed by atoms with Crippen molar-refractivity contribution in [2.45, 2.75) is 25.8 Å². The van der Waals surface area contributed by atoms with Crippen molar-refractivity contribution in [2.24, 2.45) is 0 Å². The molecular formula is C26H30N8O. The van der Waals surface area contributed by atoms with Crippen molar-refractivity contribution in [1.29, 1.82) is 0 Å². The van der Waals surface area contributed by atoms with Gasteiger partial charge in [-0.2, -0.15) is 0 Å². The number of aromatic nitrogens is 4. The topological polar surface area (TPSA) is 108 Å². The zero-order chi connectivity index (χ0) is 24.2. The van der Waals surface area contributed by atoms with Gasteiger partial charge in [0.15, 0.2) is 5.82 Å². The van der Waals surface area contributed by atoms with Crippen molar-refractivity contribution < 1.29 is 5.11 Å². The molecule has 2 saturated heterocycles. The molecule has 0 spiro atoms. The molecule has 1 atom stereocenters. The number of nitrogens with two attached hydrogens (primary N) is 1. The molecule has 2 aliphatic heterocycles. The van der Waals surface area contributed by atoms with Crippen LogP contribution in [-0.2, 0) is 0 Å². The monoisotopic (exact) mass is 470 g/mol. The number of phenols is 1. The van der Waals surface area contributed by atoms with Crippen LogP contribution >= 0.6 is 0 Å². The minimum Gasteiger partial charge on any atom is -0.507 e. The smallest absolute Gasteiger partial charge is 0.206 e. The maximum atomic E-state index is 10.2. The Morgan fingerprint density at radius 1 is 1.06 bits per heavy atom. The summed E-state index contributed by atoms with van der Waals surface area (Å²) in [4.78, 5) is 15.9. The van der Waals surface area contributed by atoms with Gasteiger partial charge in [0.2, 0.25) is 5.82 Å². The number of rotatable bonds is 4. The molecule has 3 aromatic rings. The Hall–Kier alpha value is -3.90. The van der Waals surface area contributed by atoms with Crippen LogP contribution in [0.3, 0.4) is 0 Å². The minimum absolute atomic E-state index is 0.168. The molecule has 0 saturated carbocycles. The summed E-state index contributed by atoms with van der Waals surface area (Å²) in [5, 5.41) is 18.6. The fourth-order valence-corrected chi connectivity index (χ4v) is 4.46. The normalized spacial score (nSPS) is 18.4. The van der Waals surface area contributed by atoms with Gasteiger partial charge in [-0.3, -0.25) is 4.90 Å². The molecule has 4 heterocycles. The quantitative estimate of drug-likeness (QED) is 0.556. The van der Waals surface area contributed by atoms with Crippen molar-refractivity contribution in [2.75, 3.05) is 54.8 Å². The minimum atomic E-state index is 0.168. The van der Waals surface area contributed by atoms with E-state index in [9.17, 15) is 5.11 Å². The van der Waals surface area contributed by atoms with E-state index in [1.54, 1.807) is 18.3 Å². The first kappa shape index (κ1) is 22.9. The number of para-hydroxylation sites is 1. The Balaban J connectivity index is 1.28. The summed E-state index contributed by atoms with van der Waals surface area (Å²) < 4.78 is 0. The van der Waals surface area contributed by atoms with E-state index in [-0.39, 0.29) is 5.75 Å². The van der Waals surface area contributed by atoms with E-state index in [1.807, 2.05) is 24.3 Å². The van der Waals surface area contributed by atoms with Gasteiger partial charge in [0.1, 0.15) is 11.6 Å². The number of nitrogens with zero attached hydrogens (tertiary/aromatic N) is 7. The largest absolute Gasteiger partial charge is 0.507 e. The second kappa shape index (κ2) is 10.2. The number of hydrogen-bond acceptors (Lipinski definition) is 9. The maximum Gasteiger partial charge on any atom is 0.206 e. The highest BCUT2D eigenvalue weighted by atomic mass is 16.3. The SMILES string of the molecule is C[C@H]1CCN1CC#Cc1nccc(N2CCCN(c3cc(-c4ccccc4O)nnc3N)CC2)n1. The molecule has 9 heteroatoms. The molecule has 3 N–H and O–H groups in total. The first-order chi connectivity index (χ1) is 17.1. The maximum absolute atomic E-state index is 10.2. The molecule has 0 unspecified atom stereocenters. The fourth-order valence-electron chi connectivity index (χ4n) is 4.46. The summed E-state index contributed by atoms with van der Waals surface area (Å²) in [5.74, 6) is 8.34. The third-order valence-corrected chi connectivity index (χ3v) is 6.72. The summed E-state index contributed by atoms with van der Waals surface area (Å²) >= 11 is 0. The summed E-state index contributed by atoms with van der Waals surface area (Å²) in [6, 6.07) is 11.6. The number of aromatic hydroxyl groups is 1. The zero-order valence-electron chi connectivity index (χ0n) is 19.9. The lowest BCUT2D eigenvalue weighted by atomic mass is 10.1. The van der Waals surface area contributed by atoms with E-state index in [0.29, 0.717) is 28.9 Å². The van der Waals surface area contributed by atoms with Gasteiger partial charge in [0.25, 0.3) is 0 Å². The standard InChI is InChI=1S/C26H30N8O/c1-19-10-15-32(19)12-4-8-24-28-11-9-25(29-24)34-14-5-13-33(16-17-34)22-18-21(30-31-26(22)27)20-6-2-3-7-23(20)35/h2-3,6-7,9,11,18-19,35H,5,10,12-17H2,1H3,(H2,27,31)/t19-/m0/s1. The Morgan fingerprint density at radius 2 is 1.89 bits per heavy atom. The molecule has 0 bridgehead atoms. The Kier molecular flexibility index (Phi) is 6.64. The third-order valence-electron chi connectivity index (χ3n) is 6.72. The molecule has 0 aliphatic carbocycles. The number of benzene rings is 1. The van der Waals surface area contributed by atoms with E-state index in [0.717, 1.165) is 57.2 Å². The number of hydrogen-bond donors (Lipinski definition) is 2. The van der Waals surface area contributed by atoms with Crippen LogP contribution in [0.2, 0.25) is 0 Å². The Labute approximate surface area is 205 Å². The van der Waals surface area contributed by atoms with Crippen LogP contribution in [0.4, 0.5) is 17.3 Å². The van der Waals surface area contributed by atoms with Crippen LogP contribution in [0.15, 0.2) is 42.6 Å². The van der Waals surface area contributed by atoms with Gasteiger partial charge in [-0.25, -0.2) is 9.97 Å². The van der Waals surface area contributed by atoms with Crippen LogP contribution < -0.4 is 15.5 Å². The van der Waals surface area contributed by atoms with Crippen molar-refractivity contribution in [3.05, 3.63) is 48.4 Å². The van der Waals surface area contributed by atoms with Gasteiger partial charge in [-0.15, -0.1) is 10.2 Å². The molecule has 9 nitrogen and oxygen atoms in total. The highest BCUT2D eigenvalue weighted by Crippen LogP contribution is 2.31. The van der Waals surface area contributed by atoms with E-state index >= 15 is 0 Å². The number of phenolic OH excluding ortho intramolecular Hbond substituents is 1. The van der Waals surface area contributed by atoms with E-state index < -0.39 is 0 Å². The van der Waals surface area contributed by atoms with Gasteiger partial charge in [0.05, 0.1) is 17.9 Å². The van der Waals surface area contributed by atoms with Gasteiger partial charge >= 0.3 is 0 Å². The molecule has 0 amide bonds. The highest BCUT2D eigenvalue weighted by Gasteiger charge is 2.22. The second-order valence-corrected chi connectivity index (χ2v) is 8.99. The third kappa shape index (κ3) is 5.12. The molecule has 2 fully saturated rings. The van der Waals surface area contributed by atoms with Crippen LogP contribution in [0, 0.1) is 11.8 Å². The predicted octanol–water partition coefficient (Wildman–Crippen LogP) is 2.38. The Bertz CT molecular complexity index is 1250. The van der Waals surface area contributed by atoms with E-state index in [2.05, 4.69) is 48.6 Å². The van der Waals surface area contributed by atoms with E-state index in [4.69, 9.17) is 10.7 Å². The van der Waals surface area contributed by atoms with Crippen molar-refractivity contribution >= 4 is 17.3 Å². The fraction of sp³-hybridized carbons (Fsp3) is 0.385. The van der Waals surface area contributed by atoms with Crippen molar-refractivity contribution in [3.8, 4) is 28.8 Å². The van der Waals surface area contributed by atoms with Gasteiger partial charge in [-0.1, -0.05) is 18.1 Å². The molecule has 35 heavy (non-hydrogen) atoms. The highest BCUT2D eigenvalue weighted by molar-refractivity contribution is 5.74. The van der Waals surface area contributed by atoms with Crippen LogP contribution in [0.1, 0.15) is 25.6 Å². The predicted molar refractivity (Wildman–Crippen MR) is 137 cm³/mol. The lowest BCUT2D eigenvalue weighted by Crippen LogP contribution is -2.45. The molecule has 1 aromatic carbocycles. The number of nitrogen functional groups attached to an aromatic ring is 1. The average Bonchev–Trinajstić information content (AvgIpc) is 3.13. The van der Waals surface area contributed by atoms with Crippen molar-refractivity contribution in [3.63, 3.8) is 0 Å². The Morgan fingerprint density at radius 3 is 2.69 bits per heavy atom. The lowest BCUT2D eigenvalue weighted by Gasteiger charge is -2.36. The zero-order valence-corrected chi connectivity index (χ0v) is 19.9. The van der Waals surface area contributed by atoms with Crippen LogP contribution in [0.25, 0.3) is 11.3 Å². The number of likely N-dealkylation sites (tertiary alicyclic amines) is 1. The van der Waals surface area contributed by atoms with Crippen LogP contribution in [0.5, 0.6) is 5.75 Å². The van der Waals surface area contributed by atoms with Crippen LogP contribution in [-0.4, -0.2) is 75.5 Å². The summed E-state index contributed by atoms with van der Waals surface area (Å²) in [6.07, 6.45) is 3.97. The van der Waals surface area contributed by atoms with E-state index in [1.165, 1.54) is 6.42 Å². The summed E-state index contributed by atoms with van der Waals surface area (Å²) in [7, 11) is 0. The number of anilines is 3. The van der Waals surface area contributed by atoms with Crippen molar-refractivity contribution in [1.82, 2.24) is 25.1 Å². The summed E-state index contributed by atoms with van der Waals surface area (Å²) in [5.41, 5.74) is 8.27. The summed E-state index contributed by atoms with van der Waals surface area (Å²) in [6.45, 7) is 7.35. The molecule has 0 radical (unpaired) electrons. The second-order valence-electron chi connectivity index (χ2n) is 8.99. The lowest BCUT2D eigenvalue weighted by molar-refractivity contribution is 0.124.